The summed E-state index contributed by atoms with van der Waals surface area (Å²) in [6.07, 6.45) is 3.75. The number of aromatic nitrogens is 2. The van der Waals surface area contributed by atoms with E-state index < -0.39 is 18.1 Å². The number of nitrogens with zero attached hydrogens (tertiary/aromatic N) is 4. The van der Waals surface area contributed by atoms with E-state index in [4.69, 9.17) is 34.8 Å². The van der Waals surface area contributed by atoms with Crippen LogP contribution in [0.5, 0.6) is 0 Å². The number of aliphatic carboxylic acids is 1. The van der Waals surface area contributed by atoms with Gasteiger partial charge in [0.1, 0.15) is 11.7 Å². The predicted molar refractivity (Wildman–Crippen MR) is 149 cm³/mol. The third kappa shape index (κ3) is 5.42. The molecule has 1 aliphatic carbocycles. The Kier molecular flexibility index (Phi) is 7.98. The average molecular weight is 585 g/mol. The molecule has 206 valence electrons. The van der Waals surface area contributed by atoms with Crippen molar-refractivity contribution in [1.29, 1.82) is 0 Å². The molecule has 2 aliphatic heterocycles. The van der Waals surface area contributed by atoms with Gasteiger partial charge in [0.2, 0.25) is 5.95 Å². The fraction of sp³-hybridized carbons (Fsp3) is 0.593. The minimum absolute atomic E-state index is 0.160. The normalized spacial score (nSPS) is 26.9. The topological polar surface area (TPSA) is 81.6 Å². The van der Waals surface area contributed by atoms with Crippen LogP contribution in [-0.4, -0.2) is 58.2 Å². The summed E-state index contributed by atoms with van der Waals surface area (Å²) in [6.45, 7) is 6.65. The molecule has 1 saturated carbocycles. The fourth-order valence-corrected chi connectivity index (χ4v) is 6.85. The predicted octanol–water partition coefficient (Wildman–Crippen LogP) is 6.48. The third-order valence-corrected chi connectivity index (χ3v) is 9.53. The molecule has 11 heteroatoms. The molecular weight excluding hydrogens is 552 g/mol. The van der Waals surface area contributed by atoms with Gasteiger partial charge in [0.05, 0.1) is 17.2 Å². The smallest absolute Gasteiger partial charge is 0.309 e. The van der Waals surface area contributed by atoms with E-state index in [1.54, 1.807) is 12.1 Å². The number of rotatable bonds is 8. The molecule has 0 bridgehead atoms. The Labute approximate surface area is 237 Å². The van der Waals surface area contributed by atoms with Gasteiger partial charge in [-0.2, -0.15) is 4.98 Å². The Morgan fingerprint density at radius 1 is 1.21 bits per heavy atom. The van der Waals surface area contributed by atoms with E-state index in [1.165, 1.54) is 6.42 Å². The molecule has 2 saturated heterocycles. The molecule has 3 fully saturated rings. The number of carboxylic acids is 1. The summed E-state index contributed by atoms with van der Waals surface area (Å²) in [5.74, 6) is 1.21. The number of carbonyl (C=O) groups is 1. The Bertz CT molecular complexity index is 1210. The summed E-state index contributed by atoms with van der Waals surface area (Å²) in [6, 6.07) is 5.42. The lowest BCUT2D eigenvalue weighted by Gasteiger charge is -2.52. The number of likely N-dealkylation sites (tertiary alicyclic amines) is 1. The first-order valence-corrected chi connectivity index (χ1v) is 14.3. The Balaban J connectivity index is 1.23. The number of piperidine rings is 1. The number of benzene rings is 1. The molecule has 3 aliphatic rings. The molecule has 38 heavy (non-hydrogen) atoms. The van der Waals surface area contributed by atoms with Gasteiger partial charge < -0.3 is 20.2 Å². The maximum Gasteiger partial charge on any atom is 0.309 e. The molecule has 1 aromatic carbocycles. The maximum absolute atomic E-state index is 13.8. The van der Waals surface area contributed by atoms with E-state index in [2.05, 4.69) is 25.1 Å². The highest BCUT2D eigenvalue weighted by atomic mass is 35.5. The minimum Gasteiger partial charge on any atom is -0.481 e. The number of hydrogen-bond acceptors (Lipinski definition) is 6. The molecule has 0 radical (unpaired) electrons. The Hall–Kier alpha value is -1.87. The lowest BCUT2D eigenvalue weighted by molar-refractivity contribution is -0.158. The molecule has 5 rings (SSSR count). The molecule has 1 aromatic heterocycles. The summed E-state index contributed by atoms with van der Waals surface area (Å²) in [5, 5.41) is 14.0. The highest BCUT2D eigenvalue weighted by molar-refractivity contribution is 6.35. The molecule has 2 unspecified atom stereocenters. The zero-order chi connectivity index (χ0) is 27.2. The maximum atomic E-state index is 13.8. The number of halogens is 4. The second kappa shape index (κ2) is 11.0. The van der Waals surface area contributed by atoms with Crippen LogP contribution in [0.3, 0.4) is 0 Å². The summed E-state index contributed by atoms with van der Waals surface area (Å²) in [7, 11) is 0. The van der Waals surface area contributed by atoms with Crippen molar-refractivity contribution >= 4 is 52.5 Å². The van der Waals surface area contributed by atoms with Gasteiger partial charge in [-0.1, -0.05) is 40.9 Å². The van der Waals surface area contributed by atoms with Gasteiger partial charge in [-0.15, -0.1) is 0 Å². The number of nitrogens with one attached hydrogen (secondary N) is 1. The summed E-state index contributed by atoms with van der Waals surface area (Å²) in [4.78, 5) is 25.1. The molecular formula is C27H33Cl3FN5O2. The first-order chi connectivity index (χ1) is 18.1. The number of hydrogen-bond donors (Lipinski definition) is 2. The largest absolute Gasteiger partial charge is 0.481 e. The second-order valence-electron chi connectivity index (χ2n) is 11.3. The third-order valence-electron chi connectivity index (χ3n) is 8.57. The van der Waals surface area contributed by atoms with Gasteiger partial charge in [-0.25, -0.2) is 9.37 Å². The zero-order valence-electron chi connectivity index (χ0n) is 21.6. The lowest BCUT2D eigenvalue weighted by atomic mass is 9.65. The number of anilines is 2. The molecule has 0 amide bonds. The molecule has 0 spiro atoms. The highest BCUT2D eigenvalue weighted by Gasteiger charge is 2.49. The summed E-state index contributed by atoms with van der Waals surface area (Å²) < 4.78 is 13.8. The van der Waals surface area contributed by atoms with Crippen molar-refractivity contribution < 1.29 is 14.3 Å². The van der Waals surface area contributed by atoms with Crippen molar-refractivity contribution in [3.05, 3.63) is 44.5 Å². The molecule has 2 aromatic rings. The van der Waals surface area contributed by atoms with Crippen LogP contribution in [0.15, 0.2) is 18.2 Å². The van der Waals surface area contributed by atoms with E-state index in [1.807, 2.05) is 19.9 Å². The summed E-state index contributed by atoms with van der Waals surface area (Å²) in [5.41, 5.74) is 0.412. The van der Waals surface area contributed by atoms with Crippen LogP contribution in [0.4, 0.5) is 16.2 Å². The first-order valence-electron chi connectivity index (χ1n) is 13.1. The first kappa shape index (κ1) is 27.7. The molecule has 3 heterocycles. The van der Waals surface area contributed by atoms with E-state index in [0.29, 0.717) is 39.7 Å². The second-order valence-corrected chi connectivity index (χ2v) is 12.5. The van der Waals surface area contributed by atoms with Gasteiger partial charge in [-0.05, 0) is 75.6 Å². The molecule has 7 nitrogen and oxygen atoms in total. The van der Waals surface area contributed by atoms with Gasteiger partial charge >= 0.3 is 5.97 Å². The minimum atomic E-state index is -0.787. The number of carboxylic acid groups (broad SMARTS) is 1. The van der Waals surface area contributed by atoms with Gasteiger partial charge in [0.25, 0.3) is 0 Å². The van der Waals surface area contributed by atoms with Gasteiger partial charge in [-0.3, -0.25) is 4.79 Å². The SMILES string of the molecule is CC(Nc1nc(N2CC(C3CCCN(C4CC(C)(C(=O)O)C4)C3)C2)nc(CF)c1Cl)c1ccc(Cl)cc1Cl. The van der Waals surface area contributed by atoms with E-state index in [-0.39, 0.29) is 16.8 Å². The monoisotopic (exact) mass is 583 g/mol. The number of alkyl halides is 1. The van der Waals surface area contributed by atoms with Crippen LogP contribution in [0, 0.1) is 17.3 Å². The lowest BCUT2D eigenvalue weighted by Crippen LogP contribution is -2.58. The Morgan fingerprint density at radius 2 is 1.95 bits per heavy atom. The van der Waals surface area contributed by atoms with E-state index in [9.17, 15) is 14.3 Å². The van der Waals surface area contributed by atoms with Gasteiger partial charge in [0.15, 0.2) is 5.82 Å². The van der Waals surface area contributed by atoms with Crippen molar-refractivity contribution in [3.63, 3.8) is 0 Å². The van der Waals surface area contributed by atoms with Gasteiger partial charge in [0, 0.05) is 35.7 Å². The van der Waals surface area contributed by atoms with Crippen LogP contribution >= 0.6 is 34.8 Å². The zero-order valence-corrected chi connectivity index (χ0v) is 23.8. The van der Waals surface area contributed by atoms with E-state index in [0.717, 1.165) is 51.0 Å². The van der Waals surface area contributed by atoms with Crippen LogP contribution in [-0.2, 0) is 11.5 Å². The molecule has 2 N–H and O–H groups in total. The average Bonchev–Trinajstić information content (AvgIpc) is 2.82. The Morgan fingerprint density at radius 3 is 2.61 bits per heavy atom. The van der Waals surface area contributed by atoms with Crippen molar-refractivity contribution in [2.45, 2.75) is 58.3 Å². The summed E-state index contributed by atoms with van der Waals surface area (Å²) >= 11 is 18.9. The van der Waals surface area contributed by atoms with Crippen LogP contribution in [0.1, 0.15) is 56.8 Å². The fourth-order valence-electron chi connectivity index (χ4n) is 6.09. The van der Waals surface area contributed by atoms with Crippen LogP contribution < -0.4 is 10.2 Å². The van der Waals surface area contributed by atoms with Crippen molar-refractivity contribution in [1.82, 2.24) is 14.9 Å². The van der Waals surface area contributed by atoms with Crippen LogP contribution in [0.25, 0.3) is 0 Å². The standard InChI is InChI=1S/C27H33Cl3FN5O2/c1-15(20-6-5-18(28)8-21(20)29)32-24-23(30)22(11-31)33-26(34-24)36-13-17(14-36)16-4-3-7-35(12-16)19-9-27(2,10-19)25(37)38/h5-6,8,15-17,19H,3-4,7,9-14H2,1-2H3,(H,37,38)(H,32,33,34). The van der Waals surface area contributed by atoms with E-state index >= 15 is 0 Å². The van der Waals surface area contributed by atoms with Crippen molar-refractivity contribution in [3.8, 4) is 0 Å². The quantitative estimate of drug-likeness (QED) is 0.367. The van der Waals surface area contributed by atoms with Crippen molar-refractivity contribution in [2.75, 3.05) is 36.4 Å². The highest BCUT2D eigenvalue weighted by Crippen LogP contribution is 2.45. The van der Waals surface area contributed by atoms with Crippen molar-refractivity contribution in [2.24, 2.45) is 17.3 Å². The van der Waals surface area contributed by atoms with Crippen LogP contribution in [0.2, 0.25) is 15.1 Å². The molecule has 2 atom stereocenters.